The Kier molecular flexibility index (Phi) is 5.31. The number of nitrogens with zero attached hydrogens (tertiary/aromatic N) is 4. The fourth-order valence-electron chi connectivity index (χ4n) is 3.15. The Balaban J connectivity index is 1.79. The molecule has 1 aromatic heterocycles. The number of carbonyl (C=O) groups excluding carboxylic acids is 1. The number of aromatic nitrogens is 2. The van der Waals surface area contributed by atoms with Crippen LogP contribution in [0.5, 0.6) is 0 Å². The van der Waals surface area contributed by atoms with Gasteiger partial charge in [-0.15, -0.1) is 0 Å². The second-order valence-corrected chi connectivity index (χ2v) is 7.30. The van der Waals surface area contributed by atoms with Gasteiger partial charge in [-0.2, -0.15) is 0 Å². The molecule has 2 aromatic rings. The minimum Gasteiger partial charge on any atom is -0.356 e. The Labute approximate surface area is 159 Å². The van der Waals surface area contributed by atoms with E-state index in [4.69, 9.17) is 0 Å². The lowest BCUT2D eigenvalue weighted by Crippen LogP contribution is -2.41. The van der Waals surface area contributed by atoms with Gasteiger partial charge in [-0.25, -0.2) is 4.79 Å². The van der Waals surface area contributed by atoms with Crippen molar-refractivity contribution >= 4 is 27.7 Å². The van der Waals surface area contributed by atoms with Crippen molar-refractivity contribution in [1.82, 2.24) is 14.0 Å². The van der Waals surface area contributed by atoms with Gasteiger partial charge in [0.15, 0.2) is 0 Å². The smallest absolute Gasteiger partial charge is 0.332 e. The summed E-state index contributed by atoms with van der Waals surface area (Å²) >= 11 is 3.37. The molecule has 8 heteroatoms. The first-order chi connectivity index (χ1) is 12.4. The van der Waals surface area contributed by atoms with Crippen molar-refractivity contribution in [3.05, 3.63) is 61.2 Å². The van der Waals surface area contributed by atoms with Crippen molar-refractivity contribution < 1.29 is 4.79 Å². The summed E-state index contributed by atoms with van der Waals surface area (Å²) in [7, 11) is 3.13. The first kappa shape index (κ1) is 18.4. The number of amides is 1. The van der Waals surface area contributed by atoms with Gasteiger partial charge in [0.25, 0.3) is 11.5 Å². The minimum atomic E-state index is -0.348. The van der Waals surface area contributed by atoms with Crippen molar-refractivity contribution in [3.63, 3.8) is 0 Å². The summed E-state index contributed by atoms with van der Waals surface area (Å²) in [4.78, 5) is 40.7. The molecule has 138 valence electrons. The average Bonchev–Trinajstić information content (AvgIpc) is 2.89. The summed E-state index contributed by atoms with van der Waals surface area (Å²) in [6, 6.07) is 8.80. The van der Waals surface area contributed by atoms with Gasteiger partial charge in [0.1, 0.15) is 5.82 Å². The maximum Gasteiger partial charge on any atom is 0.332 e. The lowest BCUT2D eigenvalue weighted by molar-refractivity contribution is 0.0767. The number of carbonyl (C=O) groups is 1. The highest BCUT2D eigenvalue weighted by molar-refractivity contribution is 9.10. The highest BCUT2D eigenvalue weighted by Crippen LogP contribution is 2.16. The van der Waals surface area contributed by atoms with Crippen molar-refractivity contribution in [3.8, 4) is 0 Å². The van der Waals surface area contributed by atoms with E-state index in [0.29, 0.717) is 37.6 Å². The molecule has 3 rings (SSSR count). The Hall–Kier alpha value is -2.35. The van der Waals surface area contributed by atoms with E-state index in [1.54, 1.807) is 19.2 Å². The quantitative estimate of drug-likeness (QED) is 0.731. The average molecular weight is 421 g/mol. The largest absolute Gasteiger partial charge is 0.356 e. The molecule has 0 saturated carbocycles. The van der Waals surface area contributed by atoms with Crippen molar-refractivity contribution in [2.45, 2.75) is 6.42 Å². The van der Waals surface area contributed by atoms with Gasteiger partial charge in [0.2, 0.25) is 0 Å². The van der Waals surface area contributed by atoms with Crippen molar-refractivity contribution in [2.24, 2.45) is 14.1 Å². The van der Waals surface area contributed by atoms with Crippen LogP contribution in [-0.2, 0) is 14.1 Å². The highest BCUT2D eigenvalue weighted by Gasteiger charge is 2.22. The van der Waals surface area contributed by atoms with Gasteiger partial charge in [-0.1, -0.05) is 15.9 Å². The summed E-state index contributed by atoms with van der Waals surface area (Å²) in [6.45, 7) is 2.44. The molecule has 1 saturated heterocycles. The van der Waals surface area contributed by atoms with Crippen LogP contribution in [0, 0.1) is 0 Å². The summed E-state index contributed by atoms with van der Waals surface area (Å²) < 4.78 is 3.50. The minimum absolute atomic E-state index is 0.00258. The van der Waals surface area contributed by atoms with Crippen molar-refractivity contribution in [1.29, 1.82) is 0 Å². The van der Waals surface area contributed by atoms with Gasteiger partial charge in [-0.05, 0) is 30.7 Å². The number of rotatable bonds is 2. The molecule has 7 nitrogen and oxygen atoms in total. The Bertz CT molecular complexity index is 933. The number of hydrogen-bond acceptors (Lipinski definition) is 4. The van der Waals surface area contributed by atoms with E-state index in [0.717, 1.165) is 15.5 Å². The van der Waals surface area contributed by atoms with Crippen molar-refractivity contribution in [2.75, 3.05) is 31.1 Å². The summed E-state index contributed by atoms with van der Waals surface area (Å²) in [5, 5.41) is 0. The van der Waals surface area contributed by atoms with Gasteiger partial charge in [0, 0.05) is 56.4 Å². The van der Waals surface area contributed by atoms with E-state index in [9.17, 15) is 14.4 Å². The standard InChI is InChI=1S/C18H21BrN4O3/c1-20-15(12-16(24)21(2)18(20)26)22-8-3-9-23(11-10-22)17(25)13-4-6-14(19)7-5-13/h4-7,12H,3,8-11H2,1-2H3. The number of halogens is 1. The van der Waals surface area contributed by atoms with Gasteiger partial charge >= 0.3 is 5.69 Å². The molecule has 26 heavy (non-hydrogen) atoms. The van der Waals surface area contributed by atoms with E-state index < -0.39 is 0 Å². The number of hydrogen-bond donors (Lipinski definition) is 0. The fraction of sp³-hybridized carbons (Fsp3) is 0.389. The van der Waals surface area contributed by atoms with E-state index in [1.165, 1.54) is 17.7 Å². The van der Waals surface area contributed by atoms with Crippen LogP contribution in [0.1, 0.15) is 16.8 Å². The monoisotopic (exact) mass is 420 g/mol. The second-order valence-electron chi connectivity index (χ2n) is 6.38. The summed E-state index contributed by atoms with van der Waals surface area (Å²) in [6.07, 6.45) is 0.770. The molecule has 1 aliphatic heterocycles. The first-order valence-corrected chi connectivity index (χ1v) is 9.24. The predicted molar refractivity (Wildman–Crippen MR) is 104 cm³/mol. The molecule has 0 bridgehead atoms. The number of benzene rings is 1. The highest BCUT2D eigenvalue weighted by atomic mass is 79.9. The SMILES string of the molecule is Cn1c(N2CCCN(C(=O)c3ccc(Br)cc3)CC2)cc(=O)n(C)c1=O. The van der Waals surface area contributed by atoms with Crippen LogP contribution in [0.2, 0.25) is 0 Å². The van der Waals surface area contributed by atoms with E-state index in [2.05, 4.69) is 15.9 Å². The lowest BCUT2D eigenvalue weighted by Gasteiger charge is -2.25. The van der Waals surface area contributed by atoms with Gasteiger partial charge in [-0.3, -0.25) is 18.7 Å². The third-order valence-corrected chi connectivity index (χ3v) is 5.23. The van der Waals surface area contributed by atoms with Crippen LogP contribution < -0.4 is 16.1 Å². The molecular formula is C18H21BrN4O3. The Morgan fingerprint density at radius 1 is 0.962 bits per heavy atom. The molecule has 0 aliphatic carbocycles. The number of anilines is 1. The van der Waals surface area contributed by atoms with Crippen LogP contribution >= 0.6 is 15.9 Å². The molecule has 0 radical (unpaired) electrons. The van der Waals surface area contributed by atoms with Crippen LogP contribution in [0.4, 0.5) is 5.82 Å². The zero-order valence-corrected chi connectivity index (χ0v) is 16.4. The predicted octanol–water partition coefficient (Wildman–Crippen LogP) is 1.20. The third kappa shape index (κ3) is 3.60. The molecule has 0 atom stereocenters. The van der Waals surface area contributed by atoms with Crippen LogP contribution in [-0.4, -0.2) is 46.1 Å². The van der Waals surface area contributed by atoms with E-state index in [1.807, 2.05) is 21.9 Å². The molecule has 1 aromatic carbocycles. The zero-order chi connectivity index (χ0) is 18.8. The maximum atomic E-state index is 12.7. The summed E-state index contributed by atoms with van der Waals surface area (Å²) in [5.74, 6) is 0.591. The molecule has 0 unspecified atom stereocenters. The third-order valence-electron chi connectivity index (χ3n) is 4.70. The lowest BCUT2D eigenvalue weighted by atomic mass is 10.2. The van der Waals surface area contributed by atoms with Crippen LogP contribution in [0.15, 0.2) is 44.4 Å². The Morgan fingerprint density at radius 2 is 1.65 bits per heavy atom. The molecule has 0 spiro atoms. The Morgan fingerprint density at radius 3 is 2.35 bits per heavy atom. The normalized spacial score (nSPS) is 15.0. The van der Waals surface area contributed by atoms with E-state index >= 15 is 0 Å². The van der Waals surface area contributed by atoms with E-state index in [-0.39, 0.29) is 17.2 Å². The molecule has 2 heterocycles. The molecule has 1 aliphatic rings. The van der Waals surface area contributed by atoms with Gasteiger partial charge < -0.3 is 9.80 Å². The molecule has 1 fully saturated rings. The van der Waals surface area contributed by atoms with Crippen LogP contribution in [0.3, 0.4) is 0 Å². The van der Waals surface area contributed by atoms with Crippen LogP contribution in [0.25, 0.3) is 0 Å². The molecule has 0 N–H and O–H groups in total. The summed E-state index contributed by atoms with van der Waals surface area (Å²) in [5.41, 5.74) is -0.0164. The molecule has 1 amide bonds. The maximum absolute atomic E-state index is 12.7. The first-order valence-electron chi connectivity index (χ1n) is 8.45. The fourth-order valence-corrected chi connectivity index (χ4v) is 3.41. The topological polar surface area (TPSA) is 67.5 Å². The van der Waals surface area contributed by atoms with Gasteiger partial charge in [0.05, 0.1) is 0 Å². The molecular weight excluding hydrogens is 400 g/mol. The zero-order valence-electron chi connectivity index (χ0n) is 14.8. The second kappa shape index (κ2) is 7.49.